The topological polar surface area (TPSA) is 56.7 Å². The van der Waals surface area contributed by atoms with Crippen LogP contribution in [0.1, 0.15) is 37.8 Å². The van der Waals surface area contributed by atoms with Crippen molar-refractivity contribution >= 4 is 0 Å². The highest BCUT2D eigenvalue weighted by Crippen LogP contribution is 2.05. The van der Waals surface area contributed by atoms with Crippen molar-refractivity contribution in [2.75, 3.05) is 0 Å². The summed E-state index contributed by atoms with van der Waals surface area (Å²) in [5.41, 5.74) is 0. The molecular formula is C11H16N4O. The van der Waals surface area contributed by atoms with Crippen LogP contribution in [0.4, 0.5) is 0 Å². The molecule has 0 aliphatic carbocycles. The molecule has 86 valence electrons. The Labute approximate surface area is 94.5 Å². The lowest BCUT2D eigenvalue weighted by Crippen LogP contribution is -2.05. The van der Waals surface area contributed by atoms with Crippen LogP contribution in [-0.4, -0.2) is 19.7 Å². The summed E-state index contributed by atoms with van der Waals surface area (Å²) in [5.74, 6) is 2.48. The zero-order valence-corrected chi connectivity index (χ0v) is 9.68. The first-order chi connectivity index (χ1) is 7.83. The summed E-state index contributed by atoms with van der Waals surface area (Å²) >= 11 is 0. The van der Waals surface area contributed by atoms with Crippen molar-refractivity contribution in [2.45, 2.75) is 39.7 Å². The van der Waals surface area contributed by atoms with Crippen LogP contribution in [0.5, 0.6) is 0 Å². The molecule has 2 aromatic rings. The Balaban J connectivity index is 2.10. The van der Waals surface area contributed by atoms with Gasteiger partial charge in [-0.05, 0) is 6.42 Å². The molecule has 0 atom stereocenters. The highest BCUT2D eigenvalue weighted by molar-refractivity contribution is 4.97. The normalized spacial score (nSPS) is 10.9. The second-order valence-electron chi connectivity index (χ2n) is 3.68. The Morgan fingerprint density at radius 3 is 2.94 bits per heavy atom. The third-order valence-electron chi connectivity index (χ3n) is 2.40. The van der Waals surface area contributed by atoms with Gasteiger partial charge in [0, 0.05) is 25.2 Å². The highest BCUT2D eigenvalue weighted by atomic mass is 16.5. The SMILES string of the molecule is CCCc1nccn1Cc1noc(CC)n1. The van der Waals surface area contributed by atoms with Crippen molar-refractivity contribution in [1.29, 1.82) is 0 Å². The molecule has 0 unspecified atom stereocenters. The maximum Gasteiger partial charge on any atom is 0.226 e. The number of hydrogen-bond acceptors (Lipinski definition) is 4. The van der Waals surface area contributed by atoms with Crippen molar-refractivity contribution in [3.05, 3.63) is 29.9 Å². The van der Waals surface area contributed by atoms with Crippen LogP contribution in [0.15, 0.2) is 16.9 Å². The Bertz CT molecular complexity index is 446. The first-order valence-corrected chi connectivity index (χ1v) is 5.65. The second kappa shape index (κ2) is 4.92. The van der Waals surface area contributed by atoms with E-state index < -0.39 is 0 Å². The van der Waals surface area contributed by atoms with Crippen molar-refractivity contribution in [3.63, 3.8) is 0 Å². The van der Waals surface area contributed by atoms with Gasteiger partial charge in [-0.2, -0.15) is 4.98 Å². The third kappa shape index (κ3) is 2.29. The molecule has 2 heterocycles. The molecule has 5 heteroatoms. The van der Waals surface area contributed by atoms with E-state index in [1.807, 2.05) is 19.3 Å². The molecule has 0 amide bonds. The van der Waals surface area contributed by atoms with Gasteiger partial charge >= 0.3 is 0 Å². The van der Waals surface area contributed by atoms with E-state index in [4.69, 9.17) is 4.52 Å². The summed E-state index contributed by atoms with van der Waals surface area (Å²) in [7, 11) is 0. The lowest BCUT2D eigenvalue weighted by Gasteiger charge is -2.02. The summed E-state index contributed by atoms with van der Waals surface area (Å²) in [4.78, 5) is 8.58. The van der Waals surface area contributed by atoms with Crippen LogP contribution in [0.25, 0.3) is 0 Å². The zero-order valence-electron chi connectivity index (χ0n) is 9.68. The molecule has 0 spiro atoms. The standard InChI is InChI=1S/C11H16N4O/c1-3-5-10-12-6-7-15(10)8-9-13-11(4-2)16-14-9/h6-7H,3-5,8H2,1-2H3. The number of imidazole rings is 1. The summed E-state index contributed by atoms with van der Waals surface area (Å²) in [5, 5.41) is 3.93. The van der Waals surface area contributed by atoms with Gasteiger partial charge in [0.1, 0.15) is 5.82 Å². The Hall–Kier alpha value is -1.65. The van der Waals surface area contributed by atoms with E-state index in [0.717, 1.165) is 25.1 Å². The predicted molar refractivity (Wildman–Crippen MR) is 59.0 cm³/mol. The number of aromatic nitrogens is 4. The molecule has 0 saturated carbocycles. The van der Waals surface area contributed by atoms with Crippen molar-refractivity contribution in [3.8, 4) is 0 Å². The van der Waals surface area contributed by atoms with Crippen LogP contribution < -0.4 is 0 Å². The van der Waals surface area contributed by atoms with Crippen LogP contribution in [0.3, 0.4) is 0 Å². The smallest absolute Gasteiger partial charge is 0.226 e. The molecule has 2 rings (SSSR count). The van der Waals surface area contributed by atoms with Gasteiger partial charge in [-0.25, -0.2) is 4.98 Å². The molecule has 0 aliphatic rings. The summed E-state index contributed by atoms with van der Waals surface area (Å²) in [6.45, 7) is 4.78. The number of hydrogen-bond donors (Lipinski definition) is 0. The summed E-state index contributed by atoms with van der Waals surface area (Å²) < 4.78 is 7.13. The first kappa shape index (κ1) is 10.9. The molecule has 0 bridgehead atoms. The molecule has 0 fully saturated rings. The van der Waals surface area contributed by atoms with E-state index in [1.165, 1.54) is 0 Å². The first-order valence-electron chi connectivity index (χ1n) is 5.65. The van der Waals surface area contributed by atoms with Crippen LogP contribution in [-0.2, 0) is 19.4 Å². The minimum atomic E-state index is 0.638. The fourth-order valence-electron chi connectivity index (χ4n) is 1.59. The van der Waals surface area contributed by atoms with Gasteiger partial charge in [-0.3, -0.25) is 0 Å². The quantitative estimate of drug-likeness (QED) is 0.771. The average Bonchev–Trinajstić information content (AvgIpc) is 2.90. The average molecular weight is 220 g/mol. The number of rotatable bonds is 5. The lowest BCUT2D eigenvalue weighted by atomic mass is 10.3. The molecule has 0 saturated heterocycles. The van der Waals surface area contributed by atoms with Crippen LogP contribution in [0, 0.1) is 0 Å². The molecule has 0 N–H and O–H groups in total. The van der Waals surface area contributed by atoms with Crippen molar-refractivity contribution in [1.82, 2.24) is 19.7 Å². The fourth-order valence-corrected chi connectivity index (χ4v) is 1.59. The predicted octanol–water partition coefficient (Wildman–Crippen LogP) is 1.83. The van der Waals surface area contributed by atoms with Gasteiger partial charge in [0.25, 0.3) is 0 Å². The second-order valence-corrected chi connectivity index (χ2v) is 3.68. The Kier molecular flexibility index (Phi) is 3.34. The van der Waals surface area contributed by atoms with E-state index in [2.05, 4.69) is 26.6 Å². The van der Waals surface area contributed by atoms with Crippen molar-refractivity contribution in [2.24, 2.45) is 0 Å². The molecule has 5 nitrogen and oxygen atoms in total. The minimum Gasteiger partial charge on any atom is -0.339 e. The maximum absolute atomic E-state index is 5.07. The third-order valence-corrected chi connectivity index (χ3v) is 2.40. The monoisotopic (exact) mass is 220 g/mol. The van der Waals surface area contributed by atoms with Gasteiger partial charge in [-0.1, -0.05) is 19.0 Å². The van der Waals surface area contributed by atoms with E-state index in [9.17, 15) is 0 Å². The van der Waals surface area contributed by atoms with Crippen LogP contribution >= 0.6 is 0 Å². The summed E-state index contributed by atoms with van der Waals surface area (Å²) in [6, 6.07) is 0. The molecule has 2 aromatic heterocycles. The lowest BCUT2D eigenvalue weighted by molar-refractivity contribution is 0.375. The van der Waals surface area contributed by atoms with E-state index in [0.29, 0.717) is 18.3 Å². The molecule has 0 aliphatic heterocycles. The maximum atomic E-state index is 5.07. The molecular weight excluding hydrogens is 204 g/mol. The highest BCUT2D eigenvalue weighted by Gasteiger charge is 2.07. The number of aryl methyl sites for hydroxylation is 2. The molecule has 0 radical (unpaired) electrons. The van der Waals surface area contributed by atoms with Gasteiger partial charge in [-0.15, -0.1) is 0 Å². The van der Waals surface area contributed by atoms with Gasteiger partial charge in [0.15, 0.2) is 5.82 Å². The van der Waals surface area contributed by atoms with E-state index in [-0.39, 0.29) is 0 Å². The summed E-state index contributed by atoms with van der Waals surface area (Å²) in [6.07, 6.45) is 6.60. The number of nitrogens with zero attached hydrogens (tertiary/aromatic N) is 4. The molecule has 0 aromatic carbocycles. The van der Waals surface area contributed by atoms with Crippen LogP contribution in [0.2, 0.25) is 0 Å². The largest absolute Gasteiger partial charge is 0.339 e. The molecule has 16 heavy (non-hydrogen) atoms. The fraction of sp³-hybridized carbons (Fsp3) is 0.545. The Morgan fingerprint density at radius 1 is 1.38 bits per heavy atom. The van der Waals surface area contributed by atoms with Gasteiger partial charge in [0.2, 0.25) is 5.89 Å². The zero-order chi connectivity index (χ0) is 11.4. The van der Waals surface area contributed by atoms with Crippen molar-refractivity contribution < 1.29 is 4.52 Å². The van der Waals surface area contributed by atoms with E-state index >= 15 is 0 Å². The van der Waals surface area contributed by atoms with Gasteiger partial charge in [0.05, 0.1) is 6.54 Å². The van der Waals surface area contributed by atoms with E-state index in [1.54, 1.807) is 0 Å². The minimum absolute atomic E-state index is 0.638. The Morgan fingerprint density at radius 2 is 2.25 bits per heavy atom. The van der Waals surface area contributed by atoms with Gasteiger partial charge < -0.3 is 9.09 Å².